The normalized spacial score (nSPS) is 35.0. The molecule has 1 aromatic rings. The summed E-state index contributed by atoms with van der Waals surface area (Å²) in [6.07, 6.45) is 0.846. The third kappa shape index (κ3) is 1.34. The van der Waals surface area contributed by atoms with Crippen molar-refractivity contribution >= 4 is 11.8 Å². The molecule has 1 saturated carbocycles. The van der Waals surface area contributed by atoms with Gasteiger partial charge in [-0.3, -0.25) is 14.5 Å². The van der Waals surface area contributed by atoms with Crippen LogP contribution >= 0.6 is 0 Å². The summed E-state index contributed by atoms with van der Waals surface area (Å²) >= 11 is 0. The van der Waals surface area contributed by atoms with Gasteiger partial charge in [0.15, 0.2) is 0 Å². The number of amides is 2. The molecule has 4 rings (SSSR count). The number of aryl methyl sites for hydroxylation is 1. The van der Waals surface area contributed by atoms with E-state index in [0.29, 0.717) is 17.7 Å². The van der Waals surface area contributed by atoms with Crippen LogP contribution in [0.1, 0.15) is 32.7 Å². The Morgan fingerprint density at radius 1 is 1.25 bits per heavy atom. The van der Waals surface area contributed by atoms with E-state index in [9.17, 15) is 9.59 Å². The number of carbonyl (C=O) groups excluding carboxylic acids is 2. The summed E-state index contributed by atoms with van der Waals surface area (Å²) in [5.74, 6) is -0.187. The van der Waals surface area contributed by atoms with Crippen molar-refractivity contribution in [3.05, 3.63) is 34.9 Å². The van der Waals surface area contributed by atoms with Crippen molar-refractivity contribution in [1.82, 2.24) is 4.90 Å². The molecule has 0 radical (unpaired) electrons. The minimum Gasteiger partial charge on any atom is -0.376 e. The van der Waals surface area contributed by atoms with E-state index < -0.39 is 0 Å². The Kier molecular flexibility index (Phi) is 2.35. The summed E-state index contributed by atoms with van der Waals surface area (Å²) in [6.45, 7) is 2.58. The highest BCUT2D eigenvalue weighted by Crippen LogP contribution is 2.43. The zero-order valence-corrected chi connectivity index (χ0v) is 11.2. The number of rotatable bonds is 1. The van der Waals surface area contributed by atoms with Gasteiger partial charge in [0.2, 0.25) is 0 Å². The standard InChI is InChI=1S/C15H16N2O3/c1-7-2-3-8-10(6-7)15(19)17(14(8)18)12-11(16)9-4-5-20-13(9)12/h2-3,6,9,11-13H,4-5,16H2,1H3. The average molecular weight is 272 g/mol. The summed E-state index contributed by atoms with van der Waals surface area (Å²) in [5.41, 5.74) is 8.09. The Labute approximate surface area is 116 Å². The molecule has 104 valence electrons. The van der Waals surface area contributed by atoms with Crippen LogP contribution in [0.3, 0.4) is 0 Å². The Balaban J connectivity index is 1.72. The van der Waals surface area contributed by atoms with Crippen molar-refractivity contribution in [2.24, 2.45) is 11.7 Å². The molecule has 2 aliphatic heterocycles. The van der Waals surface area contributed by atoms with Crippen molar-refractivity contribution in [2.75, 3.05) is 6.61 Å². The topological polar surface area (TPSA) is 72.6 Å². The molecule has 2 amide bonds. The first-order chi connectivity index (χ1) is 9.59. The van der Waals surface area contributed by atoms with Crippen LogP contribution in [0, 0.1) is 12.8 Å². The molecule has 4 atom stereocenters. The average Bonchev–Trinajstić information content (AvgIpc) is 2.95. The fraction of sp³-hybridized carbons (Fsp3) is 0.467. The predicted octanol–water partition coefficient (Wildman–Crippen LogP) is 0.706. The van der Waals surface area contributed by atoms with Gasteiger partial charge in [0, 0.05) is 18.6 Å². The Hall–Kier alpha value is -1.72. The molecule has 0 aromatic heterocycles. The highest BCUT2D eigenvalue weighted by molar-refractivity contribution is 6.21. The lowest BCUT2D eigenvalue weighted by Gasteiger charge is -2.48. The number of carbonyl (C=O) groups is 2. The number of fused-ring (bicyclic) bond motifs is 2. The van der Waals surface area contributed by atoms with Crippen LogP contribution in [0.25, 0.3) is 0 Å². The van der Waals surface area contributed by atoms with Gasteiger partial charge in [0.25, 0.3) is 11.8 Å². The lowest BCUT2D eigenvalue weighted by atomic mass is 9.71. The van der Waals surface area contributed by atoms with Crippen molar-refractivity contribution in [1.29, 1.82) is 0 Å². The molecule has 5 heteroatoms. The van der Waals surface area contributed by atoms with Crippen LogP contribution < -0.4 is 5.73 Å². The summed E-state index contributed by atoms with van der Waals surface area (Å²) in [7, 11) is 0. The van der Waals surface area contributed by atoms with E-state index in [1.54, 1.807) is 12.1 Å². The summed E-state index contributed by atoms with van der Waals surface area (Å²) in [5, 5.41) is 0. The number of nitrogens with two attached hydrogens (primary N) is 1. The lowest BCUT2D eigenvalue weighted by molar-refractivity contribution is -0.0532. The molecule has 1 saturated heterocycles. The second kappa shape index (κ2) is 3.90. The van der Waals surface area contributed by atoms with Crippen molar-refractivity contribution in [3.63, 3.8) is 0 Å². The molecule has 4 unspecified atom stereocenters. The van der Waals surface area contributed by atoms with Gasteiger partial charge in [0.1, 0.15) is 0 Å². The maximum atomic E-state index is 12.5. The maximum Gasteiger partial charge on any atom is 0.261 e. The molecule has 0 spiro atoms. The molecule has 5 nitrogen and oxygen atoms in total. The molecular formula is C15H16N2O3. The first-order valence-electron chi connectivity index (χ1n) is 6.95. The number of nitrogens with zero attached hydrogens (tertiary/aromatic N) is 1. The minimum absolute atomic E-state index is 0.0756. The highest BCUT2D eigenvalue weighted by atomic mass is 16.5. The second-order valence-electron chi connectivity index (χ2n) is 5.89. The van der Waals surface area contributed by atoms with Gasteiger partial charge in [-0.05, 0) is 25.5 Å². The van der Waals surface area contributed by atoms with E-state index >= 15 is 0 Å². The van der Waals surface area contributed by atoms with Gasteiger partial charge < -0.3 is 10.5 Å². The van der Waals surface area contributed by atoms with E-state index in [-0.39, 0.29) is 35.9 Å². The third-order valence-electron chi connectivity index (χ3n) is 4.78. The van der Waals surface area contributed by atoms with Gasteiger partial charge in [0.05, 0.1) is 23.3 Å². The van der Waals surface area contributed by atoms with Crippen molar-refractivity contribution < 1.29 is 14.3 Å². The number of imide groups is 1. The van der Waals surface area contributed by atoms with Crippen LogP contribution in [0.15, 0.2) is 18.2 Å². The largest absolute Gasteiger partial charge is 0.376 e. The molecule has 2 N–H and O–H groups in total. The Bertz CT molecular complexity index is 628. The van der Waals surface area contributed by atoms with E-state index in [1.807, 2.05) is 13.0 Å². The molecule has 1 aliphatic carbocycles. The summed E-state index contributed by atoms with van der Waals surface area (Å²) in [4.78, 5) is 26.3. The molecule has 0 bridgehead atoms. The SMILES string of the molecule is Cc1ccc2c(c1)C(=O)N(C1C(N)C3CCOC31)C2=O. The number of benzene rings is 1. The monoisotopic (exact) mass is 272 g/mol. The molecule has 2 heterocycles. The van der Waals surface area contributed by atoms with Crippen molar-refractivity contribution in [3.8, 4) is 0 Å². The molecule has 2 fully saturated rings. The third-order valence-corrected chi connectivity index (χ3v) is 4.78. The zero-order chi connectivity index (χ0) is 14.0. The van der Waals surface area contributed by atoms with Crippen LogP contribution in [0.4, 0.5) is 0 Å². The zero-order valence-electron chi connectivity index (χ0n) is 11.2. The summed E-state index contributed by atoms with van der Waals surface area (Å²) < 4.78 is 5.64. The lowest BCUT2D eigenvalue weighted by Crippen LogP contribution is -2.69. The number of hydrogen-bond donors (Lipinski definition) is 1. The van der Waals surface area contributed by atoms with Crippen LogP contribution in [0.2, 0.25) is 0 Å². The van der Waals surface area contributed by atoms with Gasteiger partial charge in [-0.15, -0.1) is 0 Å². The number of hydrogen-bond acceptors (Lipinski definition) is 4. The van der Waals surface area contributed by atoms with E-state index in [1.165, 1.54) is 4.90 Å². The summed E-state index contributed by atoms with van der Waals surface area (Å²) in [6, 6.07) is 4.87. The first-order valence-corrected chi connectivity index (χ1v) is 6.95. The van der Waals surface area contributed by atoms with Gasteiger partial charge in [-0.1, -0.05) is 11.6 Å². The Morgan fingerprint density at radius 2 is 2.00 bits per heavy atom. The first kappa shape index (κ1) is 12.1. The number of ether oxygens (including phenoxy) is 1. The smallest absolute Gasteiger partial charge is 0.261 e. The highest BCUT2D eigenvalue weighted by Gasteiger charge is 2.58. The predicted molar refractivity (Wildman–Crippen MR) is 71.3 cm³/mol. The van der Waals surface area contributed by atoms with Crippen LogP contribution in [-0.2, 0) is 4.74 Å². The van der Waals surface area contributed by atoms with E-state index in [4.69, 9.17) is 10.5 Å². The fourth-order valence-electron chi connectivity index (χ4n) is 3.68. The van der Waals surface area contributed by atoms with Gasteiger partial charge in [-0.25, -0.2) is 0 Å². The Morgan fingerprint density at radius 3 is 2.80 bits per heavy atom. The van der Waals surface area contributed by atoms with E-state index in [0.717, 1.165) is 12.0 Å². The second-order valence-corrected chi connectivity index (χ2v) is 5.89. The quantitative estimate of drug-likeness (QED) is 0.764. The maximum absolute atomic E-state index is 12.5. The molecule has 3 aliphatic rings. The van der Waals surface area contributed by atoms with Gasteiger partial charge >= 0.3 is 0 Å². The van der Waals surface area contributed by atoms with Crippen LogP contribution in [0.5, 0.6) is 0 Å². The van der Waals surface area contributed by atoms with Crippen molar-refractivity contribution in [2.45, 2.75) is 31.5 Å². The molecule has 20 heavy (non-hydrogen) atoms. The van der Waals surface area contributed by atoms with E-state index in [2.05, 4.69) is 0 Å². The minimum atomic E-state index is -0.310. The molecular weight excluding hydrogens is 256 g/mol. The fourth-order valence-corrected chi connectivity index (χ4v) is 3.68. The van der Waals surface area contributed by atoms with Crippen LogP contribution in [-0.4, -0.2) is 41.5 Å². The van der Waals surface area contributed by atoms with Gasteiger partial charge in [-0.2, -0.15) is 0 Å². The molecule has 1 aromatic carbocycles.